The van der Waals surface area contributed by atoms with E-state index in [1.54, 1.807) is 0 Å². The van der Waals surface area contributed by atoms with Crippen LogP contribution in [0, 0.1) is 5.41 Å². The fraction of sp³-hybridized carbons (Fsp3) is 0.444. The predicted molar refractivity (Wildman–Crippen MR) is 128 cm³/mol. The Labute approximate surface area is 203 Å². The lowest BCUT2D eigenvalue weighted by Gasteiger charge is -2.34. The Kier molecular flexibility index (Phi) is 6.23. The lowest BCUT2D eigenvalue weighted by Crippen LogP contribution is -2.52. The Morgan fingerprint density at radius 3 is 2.20 bits per heavy atom. The Morgan fingerprint density at radius 1 is 1.00 bits per heavy atom. The van der Waals surface area contributed by atoms with Crippen molar-refractivity contribution in [1.82, 2.24) is 10.2 Å². The number of nitrogens with one attached hydrogen (secondary N) is 1. The zero-order chi connectivity index (χ0) is 24.6. The number of rotatable bonds is 6. The first kappa shape index (κ1) is 23.4. The van der Waals surface area contributed by atoms with E-state index in [0.29, 0.717) is 12.8 Å². The molecule has 1 saturated carbocycles. The largest absolute Gasteiger partial charge is 0.480 e. The molecule has 2 atom stereocenters. The van der Waals surface area contributed by atoms with Crippen molar-refractivity contribution in [2.45, 2.75) is 50.2 Å². The molecule has 184 valence electrons. The number of nitrogens with zero attached hydrogens (tertiary/aromatic N) is 1. The number of carbonyl (C=O) groups excluding carboxylic acids is 2. The molecule has 1 saturated heterocycles. The van der Waals surface area contributed by atoms with Gasteiger partial charge < -0.3 is 25.2 Å². The summed E-state index contributed by atoms with van der Waals surface area (Å²) in [6.45, 7) is 0.268. The molecular weight excluding hydrogens is 448 g/mol. The van der Waals surface area contributed by atoms with Crippen molar-refractivity contribution < 1.29 is 29.3 Å². The summed E-state index contributed by atoms with van der Waals surface area (Å²) in [6.07, 6.45) is 1.36. The predicted octanol–water partition coefficient (Wildman–Crippen LogP) is 3.13. The second-order valence-corrected chi connectivity index (χ2v) is 9.87. The minimum absolute atomic E-state index is 0.00247. The highest BCUT2D eigenvalue weighted by atomic mass is 16.5. The zero-order valence-electron chi connectivity index (χ0n) is 19.5. The minimum atomic E-state index is -1.12. The number of aliphatic hydroxyl groups is 1. The van der Waals surface area contributed by atoms with Crippen molar-refractivity contribution in [3.05, 3.63) is 59.7 Å². The molecule has 2 aliphatic carbocycles. The van der Waals surface area contributed by atoms with Crippen LogP contribution in [0.15, 0.2) is 48.5 Å². The smallest absolute Gasteiger partial charge is 0.407 e. The van der Waals surface area contributed by atoms with Crippen LogP contribution in [0.25, 0.3) is 11.1 Å². The number of aliphatic hydroxyl groups excluding tert-OH is 1. The fourth-order valence-corrected chi connectivity index (χ4v) is 5.99. The number of benzene rings is 2. The van der Waals surface area contributed by atoms with E-state index in [4.69, 9.17) is 4.74 Å². The number of alkyl carbamates (subject to hydrolysis) is 1. The van der Waals surface area contributed by atoms with E-state index in [0.717, 1.165) is 35.1 Å². The van der Waals surface area contributed by atoms with Crippen LogP contribution in [0.3, 0.4) is 0 Å². The Hall–Kier alpha value is -3.39. The van der Waals surface area contributed by atoms with Crippen molar-refractivity contribution in [2.75, 3.05) is 19.7 Å². The first-order chi connectivity index (χ1) is 16.9. The monoisotopic (exact) mass is 478 g/mol. The zero-order valence-corrected chi connectivity index (χ0v) is 19.5. The van der Waals surface area contributed by atoms with Crippen LogP contribution in [0.5, 0.6) is 0 Å². The maximum absolute atomic E-state index is 13.4. The summed E-state index contributed by atoms with van der Waals surface area (Å²) >= 11 is 0. The SMILES string of the molecule is O=C(NCC1(C(=O)N2CC(O)C[C@H]2C(=O)O)CCCC1)OCC1c2ccccc2-c2ccccc21. The summed E-state index contributed by atoms with van der Waals surface area (Å²) < 4.78 is 5.62. The highest BCUT2D eigenvalue weighted by Crippen LogP contribution is 2.44. The number of likely N-dealkylation sites (tertiary alicyclic amines) is 1. The molecule has 8 nitrogen and oxygen atoms in total. The molecule has 2 fully saturated rings. The number of fused-ring (bicyclic) bond motifs is 3. The Bertz CT molecular complexity index is 1100. The number of carboxylic acid groups (broad SMARTS) is 1. The van der Waals surface area contributed by atoms with Crippen LogP contribution in [0.1, 0.15) is 49.1 Å². The second kappa shape index (κ2) is 9.34. The third-order valence-electron chi connectivity index (χ3n) is 7.75. The Morgan fingerprint density at radius 2 is 1.60 bits per heavy atom. The average molecular weight is 479 g/mol. The van der Waals surface area contributed by atoms with E-state index >= 15 is 0 Å². The number of ether oxygens (including phenoxy) is 1. The van der Waals surface area contributed by atoms with Crippen molar-refractivity contribution >= 4 is 18.0 Å². The Balaban J connectivity index is 1.24. The molecule has 2 aromatic rings. The van der Waals surface area contributed by atoms with Gasteiger partial charge in [-0.1, -0.05) is 61.4 Å². The summed E-state index contributed by atoms with van der Waals surface area (Å²) in [6, 6.07) is 15.2. The molecule has 1 unspecified atom stereocenters. The minimum Gasteiger partial charge on any atom is -0.480 e. The molecule has 2 amide bonds. The van der Waals surface area contributed by atoms with Gasteiger partial charge in [-0.2, -0.15) is 0 Å². The van der Waals surface area contributed by atoms with E-state index in [1.807, 2.05) is 24.3 Å². The van der Waals surface area contributed by atoms with Gasteiger partial charge in [-0.25, -0.2) is 9.59 Å². The van der Waals surface area contributed by atoms with E-state index in [2.05, 4.69) is 29.6 Å². The molecule has 0 aromatic heterocycles. The van der Waals surface area contributed by atoms with Crippen molar-refractivity contribution in [2.24, 2.45) is 5.41 Å². The number of amides is 2. The van der Waals surface area contributed by atoms with Gasteiger partial charge in [0, 0.05) is 25.4 Å². The maximum atomic E-state index is 13.4. The van der Waals surface area contributed by atoms with Crippen LogP contribution in [0.2, 0.25) is 0 Å². The van der Waals surface area contributed by atoms with Gasteiger partial charge >= 0.3 is 12.1 Å². The van der Waals surface area contributed by atoms with Crippen molar-refractivity contribution in [1.29, 1.82) is 0 Å². The molecule has 3 aliphatic rings. The van der Waals surface area contributed by atoms with Gasteiger partial charge in [0.15, 0.2) is 0 Å². The molecule has 2 aromatic carbocycles. The van der Waals surface area contributed by atoms with Gasteiger partial charge in [0.05, 0.1) is 11.5 Å². The van der Waals surface area contributed by atoms with Crippen LogP contribution in [-0.2, 0) is 14.3 Å². The van der Waals surface area contributed by atoms with Crippen LogP contribution in [-0.4, -0.2) is 64.9 Å². The molecule has 0 radical (unpaired) electrons. The average Bonchev–Trinajstić information content (AvgIpc) is 3.57. The molecule has 35 heavy (non-hydrogen) atoms. The topological polar surface area (TPSA) is 116 Å². The summed E-state index contributed by atoms with van der Waals surface area (Å²) in [5.74, 6) is -1.48. The maximum Gasteiger partial charge on any atom is 0.407 e. The molecule has 3 N–H and O–H groups in total. The van der Waals surface area contributed by atoms with Gasteiger partial charge in [-0.05, 0) is 35.1 Å². The summed E-state index contributed by atoms with van der Waals surface area (Å²) in [5, 5.41) is 22.3. The van der Waals surface area contributed by atoms with Gasteiger partial charge in [0.25, 0.3) is 0 Å². The van der Waals surface area contributed by atoms with Crippen LogP contribution < -0.4 is 5.32 Å². The quantitative estimate of drug-likeness (QED) is 0.588. The van der Waals surface area contributed by atoms with E-state index in [-0.39, 0.29) is 37.9 Å². The van der Waals surface area contributed by atoms with Crippen molar-refractivity contribution in [3.63, 3.8) is 0 Å². The third kappa shape index (κ3) is 4.27. The van der Waals surface area contributed by atoms with E-state index in [9.17, 15) is 24.6 Å². The van der Waals surface area contributed by atoms with Gasteiger partial charge in [0.2, 0.25) is 5.91 Å². The number of carbonyl (C=O) groups is 3. The van der Waals surface area contributed by atoms with E-state index in [1.165, 1.54) is 4.90 Å². The number of β-amino-alcohol motifs (C(OH)–C–C–N with tert-alkyl or cyclic N) is 1. The standard InChI is InChI=1S/C27H30N2O6/c30-17-13-23(24(31)32)29(14-17)25(33)27(11-5-6-12-27)16-28-26(34)35-15-22-20-9-3-1-7-18(20)19-8-2-4-10-21(19)22/h1-4,7-10,17,22-23,30H,5-6,11-16H2,(H,28,34)(H,31,32)/t17?,23-/m0/s1. The molecule has 8 heteroatoms. The second-order valence-electron chi connectivity index (χ2n) is 9.87. The first-order valence-corrected chi connectivity index (χ1v) is 12.2. The summed E-state index contributed by atoms with van der Waals surface area (Å²) in [7, 11) is 0. The molecule has 5 rings (SSSR count). The lowest BCUT2D eigenvalue weighted by molar-refractivity contribution is -0.153. The highest BCUT2D eigenvalue weighted by molar-refractivity contribution is 5.89. The molecule has 1 heterocycles. The van der Waals surface area contributed by atoms with Crippen LogP contribution >= 0.6 is 0 Å². The lowest BCUT2D eigenvalue weighted by atomic mass is 9.84. The molecule has 0 spiro atoms. The van der Waals surface area contributed by atoms with Gasteiger partial charge in [0.1, 0.15) is 12.6 Å². The van der Waals surface area contributed by atoms with Gasteiger partial charge in [-0.15, -0.1) is 0 Å². The number of hydrogen-bond donors (Lipinski definition) is 3. The number of aliphatic carboxylic acids is 1. The molecular formula is C27H30N2O6. The van der Waals surface area contributed by atoms with Gasteiger partial charge in [-0.3, -0.25) is 4.79 Å². The van der Waals surface area contributed by atoms with Crippen LogP contribution in [0.4, 0.5) is 4.79 Å². The normalized spacial score (nSPS) is 22.5. The fourth-order valence-electron chi connectivity index (χ4n) is 5.99. The number of hydrogen-bond acceptors (Lipinski definition) is 5. The van der Waals surface area contributed by atoms with E-state index < -0.39 is 29.6 Å². The molecule has 1 aliphatic heterocycles. The number of carboxylic acids is 1. The summed E-state index contributed by atoms with van der Waals surface area (Å²) in [5.41, 5.74) is 3.66. The first-order valence-electron chi connectivity index (χ1n) is 12.2. The highest BCUT2D eigenvalue weighted by Gasteiger charge is 2.49. The summed E-state index contributed by atoms with van der Waals surface area (Å²) in [4.78, 5) is 39.1. The third-order valence-corrected chi connectivity index (χ3v) is 7.75. The molecule has 0 bridgehead atoms. The van der Waals surface area contributed by atoms with Crippen molar-refractivity contribution in [3.8, 4) is 11.1 Å².